The number of hydrogen-bond donors (Lipinski definition) is 0. The first-order chi connectivity index (χ1) is 5.65. The SMILES string of the molecule is N#Cc1nc(C(=O)Cl)ccc1Cl. The minimum absolute atomic E-state index is 0.00293. The van der Waals surface area contributed by atoms with E-state index in [4.69, 9.17) is 28.5 Å². The van der Waals surface area contributed by atoms with Crippen LogP contribution in [0.25, 0.3) is 0 Å². The highest BCUT2D eigenvalue weighted by Crippen LogP contribution is 2.13. The fourth-order valence-corrected chi connectivity index (χ4v) is 0.883. The zero-order valence-electron chi connectivity index (χ0n) is 5.71. The van der Waals surface area contributed by atoms with Gasteiger partial charge in [-0.1, -0.05) is 11.6 Å². The summed E-state index contributed by atoms with van der Waals surface area (Å²) in [4.78, 5) is 14.2. The number of carbonyl (C=O) groups is 1. The normalized spacial score (nSPS) is 9.08. The number of nitriles is 1. The van der Waals surface area contributed by atoms with E-state index < -0.39 is 5.24 Å². The molecule has 0 N–H and O–H groups in total. The summed E-state index contributed by atoms with van der Waals surface area (Å²) in [5.41, 5.74) is 0.0285. The van der Waals surface area contributed by atoms with Gasteiger partial charge in [-0.05, 0) is 23.7 Å². The van der Waals surface area contributed by atoms with Crippen molar-refractivity contribution in [1.29, 1.82) is 5.26 Å². The molecule has 0 saturated carbocycles. The lowest BCUT2D eigenvalue weighted by Crippen LogP contribution is -1.96. The minimum atomic E-state index is -0.705. The number of rotatable bonds is 1. The highest BCUT2D eigenvalue weighted by molar-refractivity contribution is 6.67. The summed E-state index contributed by atoms with van der Waals surface area (Å²) in [6, 6.07) is 4.50. The molecule has 0 aliphatic heterocycles. The van der Waals surface area contributed by atoms with E-state index in [0.717, 1.165) is 0 Å². The summed E-state index contributed by atoms with van der Waals surface area (Å²) in [5.74, 6) is 0. The Balaban J connectivity index is 3.25. The maximum atomic E-state index is 10.6. The summed E-state index contributed by atoms with van der Waals surface area (Å²) in [6.45, 7) is 0. The van der Waals surface area contributed by atoms with Crippen LogP contribution in [-0.2, 0) is 0 Å². The molecular weight excluding hydrogens is 199 g/mol. The fraction of sp³-hybridized carbons (Fsp3) is 0. The molecule has 1 aromatic rings. The lowest BCUT2D eigenvalue weighted by Gasteiger charge is -1.94. The minimum Gasteiger partial charge on any atom is -0.274 e. The molecule has 0 aliphatic carbocycles. The van der Waals surface area contributed by atoms with Crippen molar-refractivity contribution in [3.8, 4) is 6.07 Å². The van der Waals surface area contributed by atoms with Crippen LogP contribution >= 0.6 is 23.2 Å². The highest BCUT2D eigenvalue weighted by Gasteiger charge is 2.07. The van der Waals surface area contributed by atoms with Crippen molar-refractivity contribution >= 4 is 28.4 Å². The number of aromatic nitrogens is 1. The molecule has 0 radical (unpaired) electrons. The first-order valence-electron chi connectivity index (χ1n) is 2.91. The summed E-state index contributed by atoms with van der Waals surface area (Å²) < 4.78 is 0. The van der Waals surface area contributed by atoms with E-state index in [-0.39, 0.29) is 16.4 Å². The van der Waals surface area contributed by atoms with Gasteiger partial charge in [0.1, 0.15) is 11.8 Å². The molecule has 1 aromatic heterocycles. The van der Waals surface area contributed by atoms with E-state index >= 15 is 0 Å². The molecule has 1 heterocycles. The van der Waals surface area contributed by atoms with Crippen LogP contribution in [0.3, 0.4) is 0 Å². The molecule has 0 atom stereocenters. The standard InChI is InChI=1S/C7H2Cl2N2O/c8-4-1-2-5(7(9)12)11-6(4)3-10/h1-2H. The Kier molecular flexibility index (Phi) is 2.64. The van der Waals surface area contributed by atoms with Crippen LogP contribution in [0.1, 0.15) is 16.2 Å². The molecule has 3 nitrogen and oxygen atoms in total. The van der Waals surface area contributed by atoms with Gasteiger partial charge >= 0.3 is 0 Å². The third-order valence-corrected chi connectivity index (χ3v) is 1.65. The molecule has 60 valence electrons. The molecule has 0 fully saturated rings. The second-order valence-corrected chi connectivity index (χ2v) is 2.66. The van der Waals surface area contributed by atoms with Crippen LogP contribution in [0.4, 0.5) is 0 Å². The van der Waals surface area contributed by atoms with Crippen molar-refractivity contribution in [3.63, 3.8) is 0 Å². The Hall–Kier alpha value is -1.11. The predicted molar refractivity (Wildman–Crippen MR) is 44.1 cm³/mol. The Morgan fingerprint density at radius 2 is 2.25 bits per heavy atom. The van der Waals surface area contributed by atoms with Gasteiger partial charge in [-0.15, -0.1) is 0 Å². The Morgan fingerprint density at radius 3 is 2.75 bits per heavy atom. The van der Waals surface area contributed by atoms with Crippen molar-refractivity contribution in [1.82, 2.24) is 4.98 Å². The Morgan fingerprint density at radius 1 is 1.58 bits per heavy atom. The van der Waals surface area contributed by atoms with Crippen LogP contribution in [0.15, 0.2) is 12.1 Å². The zero-order chi connectivity index (χ0) is 9.14. The number of hydrogen-bond acceptors (Lipinski definition) is 3. The van der Waals surface area contributed by atoms with Crippen LogP contribution in [0.5, 0.6) is 0 Å². The smallest absolute Gasteiger partial charge is 0.270 e. The Labute approximate surface area is 78.5 Å². The fourth-order valence-electron chi connectivity index (χ4n) is 0.630. The van der Waals surface area contributed by atoms with Gasteiger partial charge in [0.05, 0.1) is 5.02 Å². The number of pyridine rings is 1. The Bertz CT molecular complexity index is 370. The molecule has 0 amide bonds. The van der Waals surface area contributed by atoms with Gasteiger partial charge in [-0.25, -0.2) is 4.98 Å². The molecule has 0 aromatic carbocycles. The van der Waals surface area contributed by atoms with E-state index in [9.17, 15) is 4.79 Å². The van der Waals surface area contributed by atoms with Crippen molar-refractivity contribution < 1.29 is 4.79 Å². The van der Waals surface area contributed by atoms with Crippen molar-refractivity contribution in [3.05, 3.63) is 28.5 Å². The molecule has 0 unspecified atom stereocenters. The van der Waals surface area contributed by atoms with Crippen LogP contribution in [0, 0.1) is 11.3 Å². The van der Waals surface area contributed by atoms with Gasteiger partial charge in [0.15, 0.2) is 5.69 Å². The monoisotopic (exact) mass is 200 g/mol. The van der Waals surface area contributed by atoms with Crippen LogP contribution in [0.2, 0.25) is 5.02 Å². The lowest BCUT2D eigenvalue weighted by molar-refractivity contribution is 0.107. The lowest BCUT2D eigenvalue weighted by atomic mass is 10.3. The second kappa shape index (κ2) is 3.53. The van der Waals surface area contributed by atoms with E-state index in [2.05, 4.69) is 4.98 Å². The van der Waals surface area contributed by atoms with Gasteiger partial charge in [0, 0.05) is 0 Å². The summed E-state index contributed by atoms with van der Waals surface area (Å²) in [7, 11) is 0. The molecule has 0 saturated heterocycles. The zero-order valence-corrected chi connectivity index (χ0v) is 7.23. The molecule has 0 bridgehead atoms. The van der Waals surface area contributed by atoms with Gasteiger partial charge < -0.3 is 0 Å². The average Bonchev–Trinajstić information content (AvgIpc) is 2.05. The third kappa shape index (κ3) is 1.73. The molecule has 0 aliphatic rings. The van der Waals surface area contributed by atoms with E-state index in [1.54, 1.807) is 6.07 Å². The third-order valence-electron chi connectivity index (χ3n) is 1.15. The molecule has 0 spiro atoms. The molecule has 5 heteroatoms. The average molecular weight is 201 g/mol. The topological polar surface area (TPSA) is 53.8 Å². The van der Waals surface area contributed by atoms with Gasteiger partial charge in [0.2, 0.25) is 0 Å². The first-order valence-corrected chi connectivity index (χ1v) is 3.67. The summed E-state index contributed by atoms with van der Waals surface area (Å²) in [6.07, 6.45) is 0. The molecule has 1 rings (SSSR count). The highest BCUT2D eigenvalue weighted by atomic mass is 35.5. The van der Waals surface area contributed by atoms with Crippen LogP contribution in [-0.4, -0.2) is 10.2 Å². The van der Waals surface area contributed by atoms with Gasteiger partial charge in [-0.3, -0.25) is 4.79 Å². The number of carbonyl (C=O) groups excluding carboxylic acids is 1. The van der Waals surface area contributed by atoms with E-state index in [1.807, 2.05) is 0 Å². The number of halogens is 2. The predicted octanol–water partition coefficient (Wildman–Crippen LogP) is 1.99. The van der Waals surface area contributed by atoms with E-state index in [1.165, 1.54) is 12.1 Å². The molecular formula is C7H2Cl2N2O. The quantitative estimate of drug-likeness (QED) is 0.652. The largest absolute Gasteiger partial charge is 0.274 e. The van der Waals surface area contributed by atoms with Crippen molar-refractivity contribution in [2.24, 2.45) is 0 Å². The maximum absolute atomic E-state index is 10.6. The number of nitrogens with zero attached hydrogens (tertiary/aromatic N) is 2. The molecule has 12 heavy (non-hydrogen) atoms. The summed E-state index contributed by atoms with van der Waals surface area (Å²) in [5, 5.41) is 7.98. The van der Waals surface area contributed by atoms with Crippen molar-refractivity contribution in [2.45, 2.75) is 0 Å². The summed E-state index contributed by atoms with van der Waals surface area (Å²) >= 11 is 10.7. The van der Waals surface area contributed by atoms with Gasteiger partial charge in [-0.2, -0.15) is 5.26 Å². The van der Waals surface area contributed by atoms with Gasteiger partial charge in [0.25, 0.3) is 5.24 Å². The van der Waals surface area contributed by atoms with E-state index in [0.29, 0.717) is 0 Å². The second-order valence-electron chi connectivity index (χ2n) is 1.91. The van der Waals surface area contributed by atoms with Crippen LogP contribution < -0.4 is 0 Å². The van der Waals surface area contributed by atoms with Crippen molar-refractivity contribution in [2.75, 3.05) is 0 Å². The first kappa shape index (κ1) is 8.98. The maximum Gasteiger partial charge on any atom is 0.270 e.